The van der Waals surface area contributed by atoms with E-state index in [2.05, 4.69) is 25.1 Å². The van der Waals surface area contributed by atoms with E-state index in [0.717, 1.165) is 18.7 Å². The summed E-state index contributed by atoms with van der Waals surface area (Å²) in [6.45, 7) is 2.99. The zero-order valence-corrected chi connectivity index (χ0v) is 13.4. The Kier molecular flexibility index (Phi) is 4.54. The van der Waals surface area contributed by atoms with Crippen molar-refractivity contribution in [1.29, 1.82) is 0 Å². The molecule has 1 fully saturated rings. The second kappa shape index (κ2) is 6.39. The average molecular weight is 287 g/mol. The van der Waals surface area contributed by atoms with Gasteiger partial charge < -0.3 is 10.5 Å². The van der Waals surface area contributed by atoms with Crippen molar-refractivity contribution in [3.63, 3.8) is 0 Å². The van der Waals surface area contributed by atoms with E-state index in [0.29, 0.717) is 11.5 Å². The Hall–Kier alpha value is -1.02. The molecule has 0 amide bonds. The van der Waals surface area contributed by atoms with Crippen LogP contribution in [0.2, 0.25) is 0 Å². The third kappa shape index (κ3) is 3.42. The number of hydrogen-bond acceptors (Lipinski definition) is 2. The second-order valence-corrected chi connectivity index (χ2v) is 7.17. The number of aryl methyl sites for hydroxylation is 1. The molecule has 116 valence electrons. The lowest BCUT2D eigenvalue weighted by atomic mass is 9.68. The quantitative estimate of drug-likeness (QED) is 0.879. The summed E-state index contributed by atoms with van der Waals surface area (Å²) >= 11 is 0. The van der Waals surface area contributed by atoms with Gasteiger partial charge in [0.25, 0.3) is 0 Å². The lowest BCUT2D eigenvalue weighted by molar-refractivity contribution is 0.161. The van der Waals surface area contributed by atoms with Gasteiger partial charge in [-0.3, -0.25) is 0 Å². The van der Waals surface area contributed by atoms with Gasteiger partial charge in [-0.2, -0.15) is 0 Å². The van der Waals surface area contributed by atoms with Crippen LogP contribution in [-0.2, 0) is 12.8 Å². The summed E-state index contributed by atoms with van der Waals surface area (Å²) in [7, 11) is 0. The normalized spacial score (nSPS) is 23.6. The third-order valence-corrected chi connectivity index (χ3v) is 5.49. The molecule has 1 aromatic rings. The van der Waals surface area contributed by atoms with E-state index in [-0.39, 0.29) is 0 Å². The molecule has 2 N–H and O–H groups in total. The molecule has 3 rings (SSSR count). The molecule has 1 aliphatic heterocycles. The number of rotatable bonds is 5. The minimum Gasteiger partial charge on any atom is -0.490 e. The molecule has 0 radical (unpaired) electrons. The Morgan fingerprint density at radius 3 is 2.76 bits per heavy atom. The van der Waals surface area contributed by atoms with Crippen LogP contribution in [0, 0.1) is 5.41 Å². The molecule has 2 aliphatic rings. The van der Waals surface area contributed by atoms with Crippen molar-refractivity contribution in [2.24, 2.45) is 11.1 Å². The predicted octanol–water partition coefficient (Wildman–Crippen LogP) is 4.24. The van der Waals surface area contributed by atoms with Crippen molar-refractivity contribution in [3.05, 3.63) is 29.3 Å². The van der Waals surface area contributed by atoms with Crippen molar-refractivity contribution in [2.45, 2.75) is 70.8 Å². The van der Waals surface area contributed by atoms with Crippen LogP contribution in [0.4, 0.5) is 0 Å². The van der Waals surface area contributed by atoms with Crippen LogP contribution in [0.1, 0.15) is 63.0 Å². The number of fused-ring (bicyclic) bond motifs is 1. The average Bonchev–Trinajstić information content (AvgIpc) is 2.86. The lowest BCUT2D eigenvalue weighted by Crippen LogP contribution is -2.28. The molecular formula is C19H29NO. The number of hydrogen-bond donors (Lipinski definition) is 1. The van der Waals surface area contributed by atoms with Crippen LogP contribution in [0.3, 0.4) is 0 Å². The van der Waals surface area contributed by atoms with Gasteiger partial charge in [-0.15, -0.1) is 0 Å². The highest BCUT2D eigenvalue weighted by atomic mass is 16.5. The standard InChI is InChI=1S/C19H29NO/c1-15-13-17-14-16(5-6-18(17)21-15)7-10-19(11-12-20)8-3-2-4-9-19/h5-6,14-15H,2-4,7-13,20H2,1H3. The molecule has 1 unspecified atom stereocenters. The van der Waals surface area contributed by atoms with Crippen LogP contribution in [-0.4, -0.2) is 12.6 Å². The molecule has 1 heterocycles. The van der Waals surface area contributed by atoms with E-state index in [4.69, 9.17) is 10.5 Å². The topological polar surface area (TPSA) is 35.2 Å². The first-order chi connectivity index (χ1) is 10.2. The van der Waals surface area contributed by atoms with Gasteiger partial charge >= 0.3 is 0 Å². The zero-order valence-electron chi connectivity index (χ0n) is 13.4. The fraction of sp³-hybridized carbons (Fsp3) is 0.684. The summed E-state index contributed by atoms with van der Waals surface area (Å²) in [5, 5.41) is 0. The number of nitrogens with two attached hydrogens (primary N) is 1. The van der Waals surface area contributed by atoms with Crippen LogP contribution < -0.4 is 10.5 Å². The predicted molar refractivity (Wildman–Crippen MR) is 87.7 cm³/mol. The molecule has 0 saturated heterocycles. The largest absolute Gasteiger partial charge is 0.490 e. The maximum atomic E-state index is 5.89. The summed E-state index contributed by atoms with van der Waals surface area (Å²) in [6.07, 6.45) is 12.1. The van der Waals surface area contributed by atoms with Crippen molar-refractivity contribution in [2.75, 3.05) is 6.54 Å². The van der Waals surface area contributed by atoms with Gasteiger partial charge in [-0.1, -0.05) is 31.4 Å². The van der Waals surface area contributed by atoms with E-state index in [1.807, 2.05) is 0 Å². The molecule has 1 aliphatic carbocycles. The van der Waals surface area contributed by atoms with Crippen molar-refractivity contribution < 1.29 is 4.74 Å². The maximum Gasteiger partial charge on any atom is 0.123 e. The fourth-order valence-electron chi connectivity index (χ4n) is 4.27. The molecule has 0 aromatic heterocycles. The monoisotopic (exact) mass is 287 g/mol. The summed E-state index contributed by atoms with van der Waals surface area (Å²) in [5.74, 6) is 1.10. The van der Waals surface area contributed by atoms with Gasteiger partial charge in [0.2, 0.25) is 0 Å². The fourth-order valence-corrected chi connectivity index (χ4v) is 4.27. The van der Waals surface area contributed by atoms with Crippen LogP contribution in [0.25, 0.3) is 0 Å². The smallest absolute Gasteiger partial charge is 0.123 e. The van der Waals surface area contributed by atoms with Crippen molar-refractivity contribution in [3.8, 4) is 5.75 Å². The molecule has 2 heteroatoms. The van der Waals surface area contributed by atoms with E-state index >= 15 is 0 Å². The molecule has 1 saturated carbocycles. The van der Waals surface area contributed by atoms with E-state index in [1.165, 1.54) is 62.5 Å². The van der Waals surface area contributed by atoms with Crippen LogP contribution >= 0.6 is 0 Å². The number of benzene rings is 1. The summed E-state index contributed by atoms with van der Waals surface area (Å²) in [6, 6.07) is 6.80. The SMILES string of the molecule is CC1Cc2cc(CCC3(CCN)CCCCC3)ccc2O1. The molecule has 21 heavy (non-hydrogen) atoms. The first kappa shape index (κ1) is 14.9. The van der Waals surface area contributed by atoms with E-state index in [9.17, 15) is 0 Å². The first-order valence-corrected chi connectivity index (χ1v) is 8.69. The Morgan fingerprint density at radius 1 is 1.19 bits per heavy atom. The molecule has 1 aromatic carbocycles. The van der Waals surface area contributed by atoms with Gasteiger partial charge in [0.15, 0.2) is 0 Å². The van der Waals surface area contributed by atoms with Crippen LogP contribution in [0.5, 0.6) is 5.75 Å². The van der Waals surface area contributed by atoms with Crippen molar-refractivity contribution in [1.82, 2.24) is 0 Å². The Bertz CT molecular complexity index is 471. The van der Waals surface area contributed by atoms with Gasteiger partial charge in [0.05, 0.1) is 0 Å². The summed E-state index contributed by atoms with van der Waals surface area (Å²) in [4.78, 5) is 0. The minimum absolute atomic E-state index is 0.345. The Morgan fingerprint density at radius 2 is 2.00 bits per heavy atom. The highest BCUT2D eigenvalue weighted by molar-refractivity contribution is 5.40. The van der Waals surface area contributed by atoms with Gasteiger partial charge in [0.1, 0.15) is 11.9 Å². The van der Waals surface area contributed by atoms with Gasteiger partial charge in [0, 0.05) is 6.42 Å². The van der Waals surface area contributed by atoms with E-state index < -0.39 is 0 Å². The molecular weight excluding hydrogens is 258 g/mol. The Balaban J connectivity index is 1.65. The van der Waals surface area contributed by atoms with Crippen LogP contribution in [0.15, 0.2) is 18.2 Å². The van der Waals surface area contributed by atoms with Gasteiger partial charge in [-0.25, -0.2) is 0 Å². The van der Waals surface area contributed by atoms with E-state index in [1.54, 1.807) is 0 Å². The number of ether oxygens (including phenoxy) is 1. The summed E-state index contributed by atoms with van der Waals surface area (Å²) < 4.78 is 5.80. The molecule has 0 spiro atoms. The highest BCUT2D eigenvalue weighted by Crippen LogP contribution is 2.43. The van der Waals surface area contributed by atoms with Crippen molar-refractivity contribution >= 4 is 0 Å². The first-order valence-electron chi connectivity index (χ1n) is 8.69. The maximum absolute atomic E-state index is 5.89. The lowest BCUT2D eigenvalue weighted by Gasteiger charge is -2.37. The zero-order chi connectivity index (χ0) is 14.7. The van der Waals surface area contributed by atoms with Gasteiger partial charge in [-0.05, 0) is 68.2 Å². The summed E-state index contributed by atoms with van der Waals surface area (Å²) in [5.41, 5.74) is 9.29. The Labute approximate surface area is 129 Å². The second-order valence-electron chi connectivity index (χ2n) is 7.17. The molecule has 1 atom stereocenters. The third-order valence-electron chi connectivity index (χ3n) is 5.49. The molecule has 0 bridgehead atoms. The highest BCUT2D eigenvalue weighted by Gasteiger charge is 2.30. The molecule has 2 nitrogen and oxygen atoms in total. The minimum atomic E-state index is 0.345.